The lowest BCUT2D eigenvalue weighted by atomic mass is 10.0. The van der Waals surface area contributed by atoms with Gasteiger partial charge in [-0.05, 0) is 59.4 Å². The molecule has 3 aromatic rings. The first-order valence-corrected chi connectivity index (χ1v) is 11.5. The molecule has 3 heterocycles. The first-order chi connectivity index (χ1) is 16.0. The summed E-state index contributed by atoms with van der Waals surface area (Å²) in [5.41, 5.74) is 1.66. The molecule has 168 valence electrons. The van der Waals surface area contributed by atoms with Gasteiger partial charge in [-0.1, -0.05) is 6.07 Å². The molecule has 1 N–H and O–H groups in total. The van der Waals surface area contributed by atoms with Crippen LogP contribution in [0.4, 0.5) is 8.78 Å². The average molecular weight is 466 g/mol. The number of halogens is 2. The summed E-state index contributed by atoms with van der Waals surface area (Å²) in [5.74, 6) is -0.166. The Morgan fingerprint density at radius 1 is 1.09 bits per heavy atom. The minimum atomic E-state index is -0.638. The largest absolute Gasteiger partial charge is 0.494 e. The van der Waals surface area contributed by atoms with Gasteiger partial charge in [0.1, 0.15) is 11.9 Å². The predicted octanol–water partition coefficient (Wildman–Crippen LogP) is 4.53. The molecule has 5 rings (SSSR count). The van der Waals surface area contributed by atoms with E-state index in [1.165, 1.54) is 42.7 Å². The Balaban J connectivity index is 1.57. The lowest BCUT2D eigenvalue weighted by Gasteiger charge is -2.16. The minimum absolute atomic E-state index is 0.0560. The summed E-state index contributed by atoms with van der Waals surface area (Å²) in [5, 5.41) is 12.4. The zero-order valence-electron chi connectivity index (χ0n) is 17.9. The number of methoxy groups -OCH3 is 1. The monoisotopic (exact) mass is 465 g/mol. The Morgan fingerprint density at radius 3 is 2.42 bits per heavy atom. The molecule has 2 aromatic carbocycles. The highest BCUT2D eigenvalue weighted by molar-refractivity contribution is 7.18. The van der Waals surface area contributed by atoms with E-state index in [0.717, 1.165) is 13.1 Å². The number of nitrogens with zero attached hydrogens (tertiary/aromatic N) is 2. The second-order valence-corrected chi connectivity index (χ2v) is 9.45. The normalized spacial score (nSPS) is 19.4. The van der Waals surface area contributed by atoms with Crippen molar-refractivity contribution in [1.82, 2.24) is 10.2 Å². The minimum Gasteiger partial charge on any atom is -0.494 e. The summed E-state index contributed by atoms with van der Waals surface area (Å²) in [6.07, 6.45) is 0. The Morgan fingerprint density at radius 2 is 1.79 bits per heavy atom. The predicted molar refractivity (Wildman–Crippen MR) is 122 cm³/mol. The SMILES string of the molecule is COc1ccc(-c2sc(C(=O)N3CC4CNCC4C3)cc2-c2ccc(C#N)c(F)c2)cc1F. The molecule has 5 nitrogen and oxygen atoms in total. The van der Waals surface area contributed by atoms with Crippen molar-refractivity contribution in [3.8, 4) is 33.4 Å². The first kappa shape index (κ1) is 21.6. The molecule has 0 aliphatic carbocycles. The fourth-order valence-corrected chi connectivity index (χ4v) is 5.83. The second-order valence-electron chi connectivity index (χ2n) is 8.40. The fraction of sp³-hybridized carbons (Fsp3) is 0.280. The van der Waals surface area contributed by atoms with E-state index in [4.69, 9.17) is 10.00 Å². The molecule has 0 saturated carbocycles. The summed E-state index contributed by atoms with van der Waals surface area (Å²) < 4.78 is 33.9. The third-order valence-electron chi connectivity index (χ3n) is 6.43. The van der Waals surface area contributed by atoms with Crippen LogP contribution in [0.3, 0.4) is 0 Å². The highest BCUT2D eigenvalue weighted by Crippen LogP contribution is 2.42. The van der Waals surface area contributed by atoms with E-state index in [1.54, 1.807) is 18.2 Å². The fourth-order valence-electron chi connectivity index (χ4n) is 4.68. The third kappa shape index (κ3) is 3.88. The number of hydrogen-bond donors (Lipinski definition) is 1. The molecule has 2 aliphatic heterocycles. The van der Waals surface area contributed by atoms with Gasteiger partial charge in [-0.15, -0.1) is 11.3 Å². The molecule has 0 bridgehead atoms. The third-order valence-corrected chi connectivity index (χ3v) is 7.61. The lowest BCUT2D eigenvalue weighted by molar-refractivity contribution is 0.0786. The van der Waals surface area contributed by atoms with Gasteiger partial charge >= 0.3 is 0 Å². The summed E-state index contributed by atoms with van der Waals surface area (Å²) in [6.45, 7) is 3.26. The number of ether oxygens (including phenoxy) is 1. The van der Waals surface area contributed by atoms with Crippen LogP contribution >= 0.6 is 11.3 Å². The van der Waals surface area contributed by atoms with Gasteiger partial charge in [0.05, 0.1) is 17.6 Å². The number of rotatable bonds is 4. The van der Waals surface area contributed by atoms with Crippen molar-refractivity contribution < 1.29 is 18.3 Å². The zero-order valence-corrected chi connectivity index (χ0v) is 18.7. The molecule has 2 unspecified atom stereocenters. The molecule has 2 aliphatic rings. The van der Waals surface area contributed by atoms with Gasteiger partial charge in [0.2, 0.25) is 0 Å². The van der Waals surface area contributed by atoms with Gasteiger partial charge in [-0.3, -0.25) is 4.79 Å². The van der Waals surface area contributed by atoms with Crippen molar-refractivity contribution in [2.24, 2.45) is 11.8 Å². The van der Waals surface area contributed by atoms with Crippen LogP contribution in [0.5, 0.6) is 5.75 Å². The molecule has 33 heavy (non-hydrogen) atoms. The Bertz CT molecular complexity index is 1270. The van der Waals surface area contributed by atoms with E-state index in [1.807, 2.05) is 11.0 Å². The molecule has 0 radical (unpaired) electrons. The Kier molecular flexibility index (Phi) is 5.60. The quantitative estimate of drug-likeness (QED) is 0.615. The topological polar surface area (TPSA) is 65.4 Å². The maximum Gasteiger partial charge on any atom is 0.263 e. The van der Waals surface area contributed by atoms with Crippen LogP contribution < -0.4 is 10.1 Å². The highest BCUT2D eigenvalue weighted by atomic mass is 32.1. The molecular formula is C25H21F2N3O2S. The number of carbonyl (C=O) groups is 1. The number of fused-ring (bicyclic) bond motifs is 1. The molecule has 2 saturated heterocycles. The van der Waals surface area contributed by atoms with Crippen LogP contribution in [-0.2, 0) is 0 Å². The van der Waals surface area contributed by atoms with Crippen molar-refractivity contribution in [1.29, 1.82) is 5.26 Å². The summed E-state index contributed by atoms with van der Waals surface area (Å²) >= 11 is 1.27. The standard InChI is InChI=1S/C25H21F2N3O2S/c1-32-22-5-4-15(7-21(22)27)24-19(14-2-3-16(9-28)20(26)6-14)8-23(33-24)25(31)30-12-17-10-29-11-18(17)13-30/h2-8,17-18,29H,10-13H2,1H3. The van der Waals surface area contributed by atoms with Crippen LogP contribution in [0.25, 0.3) is 21.6 Å². The molecule has 8 heteroatoms. The number of amides is 1. The van der Waals surface area contributed by atoms with Crippen LogP contribution in [0.15, 0.2) is 42.5 Å². The van der Waals surface area contributed by atoms with Gasteiger partial charge < -0.3 is 15.0 Å². The van der Waals surface area contributed by atoms with Crippen molar-refractivity contribution in [3.05, 3.63) is 64.5 Å². The second kappa shape index (κ2) is 8.58. The molecule has 1 aromatic heterocycles. The number of nitrogens with one attached hydrogen (secondary N) is 1. The zero-order chi connectivity index (χ0) is 23.1. The first-order valence-electron chi connectivity index (χ1n) is 10.7. The number of carbonyl (C=O) groups excluding carboxylic acids is 1. The molecule has 0 spiro atoms. The smallest absolute Gasteiger partial charge is 0.263 e. The average Bonchev–Trinajstić information content (AvgIpc) is 3.53. The summed E-state index contributed by atoms with van der Waals surface area (Å²) in [7, 11) is 1.39. The molecule has 1 amide bonds. The van der Waals surface area contributed by atoms with Gasteiger partial charge in [0.15, 0.2) is 11.6 Å². The number of nitriles is 1. The van der Waals surface area contributed by atoms with E-state index < -0.39 is 11.6 Å². The number of benzene rings is 2. The van der Waals surface area contributed by atoms with E-state index >= 15 is 0 Å². The van der Waals surface area contributed by atoms with Crippen molar-refractivity contribution in [2.45, 2.75) is 0 Å². The van der Waals surface area contributed by atoms with Crippen molar-refractivity contribution >= 4 is 17.2 Å². The van der Waals surface area contributed by atoms with Crippen LogP contribution in [0, 0.1) is 34.8 Å². The van der Waals surface area contributed by atoms with Crippen LogP contribution in [0.2, 0.25) is 0 Å². The lowest BCUT2D eigenvalue weighted by Crippen LogP contribution is -2.31. The van der Waals surface area contributed by atoms with Gasteiger partial charge in [0, 0.05) is 36.6 Å². The van der Waals surface area contributed by atoms with Gasteiger partial charge in [-0.25, -0.2) is 8.78 Å². The summed E-state index contributed by atoms with van der Waals surface area (Å²) in [6, 6.07) is 12.5. The Labute approximate surface area is 194 Å². The Hall–Kier alpha value is -3.28. The molecule has 2 fully saturated rings. The van der Waals surface area contributed by atoms with Crippen molar-refractivity contribution in [2.75, 3.05) is 33.3 Å². The van der Waals surface area contributed by atoms with Crippen LogP contribution in [0.1, 0.15) is 15.2 Å². The molecule has 2 atom stereocenters. The van der Waals surface area contributed by atoms with E-state index in [9.17, 15) is 13.6 Å². The van der Waals surface area contributed by atoms with Crippen molar-refractivity contribution in [3.63, 3.8) is 0 Å². The van der Waals surface area contributed by atoms with Gasteiger partial charge in [0.25, 0.3) is 5.91 Å². The number of thiophene rings is 1. The maximum atomic E-state index is 14.5. The maximum absolute atomic E-state index is 14.5. The van der Waals surface area contributed by atoms with E-state index in [0.29, 0.717) is 51.4 Å². The van der Waals surface area contributed by atoms with Gasteiger partial charge in [-0.2, -0.15) is 5.26 Å². The number of hydrogen-bond acceptors (Lipinski definition) is 5. The summed E-state index contributed by atoms with van der Waals surface area (Å²) in [4.78, 5) is 16.4. The van der Waals surface area contributed by atoms with E-state index in [2.05, 4.69) is 5.32 Å². The van der Waals surface area contributed by atoms with E-state index in [-0.39, 0.29) is 17.2 Å². The highest BCUT2D eigenvalue weighted by Gasteiger charge is 2.38. The van der Waals surface area contributed by atoms with Crippen LogP contribution in [-0.4, -0.2) is 44.1 Å². The number of likely N-dealkylation sites (tertiary alicyclic amines) is 1. The molecular weight excluding hydrogens is 444 g/mol.